The predicted molar refractivity (Wildman–Crippen MR) is 101 cm³/mol. The molecule has 0 aliphatic rings. The molecule has 0 radical (unpaired) electrons. The molecule has 132 valence electrons. The quantitative estimate of drug-likeness (QED) is 0.754. The summed E-state index contributed by atoms with van der Waals surface area (Å²) in [5.74, 6) is 0.358. The van der Waals surface area contributed by atoms with Crippen molar-refractivity contribution in [2.75, 3.05) is 6.54 Å². The lowest BCUT2D eigenvalue weighted by atomic mass is 9.99. The number of hydrogen-bond acceptors (Lipinski definition) is 3. The van der Waals surface area contributed by atoms with Gasteiger partial charge in [0.05, 0.1) is 0 Å². The predicted octanol–water partition coefficient (Wildman–Crippen LogP) is 3.83. The van der Waals surface area contributed by atoms with Gasteiger partial charge in [-0.15, -0.1) is 0 Å². The van der Waals surface area contributed by atoms with Crippen molar-refractivity contribution in [3.05, 3.63) is 70.8 Å². The first kappa shape index (κ1) is 18.9. The van der Waals surface area contributed by atoms with E-state index >= 15 is 0 Å². The van der Waals surface area contributed by atoms with Gasteiger partial charge in [0.2, 0.25) is 0 Å². The smallest absolute Gasteiger partial charge is 0.251 e. The third-order valence-corrected chi connectivity index (χ3v) is 4.30. The average molecular weight is 338 g/mol. The SMILES string of the molecule is CCC(=O)c1ccc(C(=O)NCC(N)c2ccc(C(C)C)cc2)cc1. The highest BCUT2D eigenvalue weighted by Crippen LogP contribution is 2.17. The summed E-state index contributed by atoms with van der Waals surface area (Å²) in [7, 11) is 0. The molecule has 25 heavy (non-hydrogen) atoms. The highest BCUT2D eigenvalue weighted by Gasteiger charge is 2.11. The fourth-order valence-corrected chi connectivity index (χ4v) is 2.56. The highest BCUT2D eigenvalue weighted by molar-refractivity contribution is 5.98. The zero-order valence-corrected chi connectivity index (χ0v) is 15.1. The maximum Gasteiger partial charge on any atom is 0.251 e. The highest BCUT2D eigenvalue weighted by atomic mass is 16.1. The van der Waals surface area contributed by atoms with Crippen LogP contribution in [0.25, 0.3) is 0 Å². The van der Waals surface area contributed by atoms with Gasteiger partial charge in [0.1, 0.15) is 0 Å². The molecule has 1 amide bonds. The van der Waals surface area contributed by atoms with Crippen molar-refractivity contribution in [1.82, 2.24) is 5.32 Å². The largest absolute Gasteiger partial charge is 0.350 e. The topological polar surface area (TPSA) is 72.2 Å². The van der Waals surface area contributed by atoms with E-state index in [0.717, 1.165) is 5.56 Å². The summed E-state index contributed by atoms with van der Waals surface area (Å²) in [6.07, 6.45) is 0.454. The lowest BCUT2D eigenvalue weighted by Crippen LogP contribution is -2.31. The second kappa shape index (κ2) is 8.58. The monoisotopic (exact) mass is 338 g/mol. The van der Waals surface area contributed by atoms with E-state index < -0.39 is 0 Å². The Bertz CT molecular complexity index is 719. The number of carbonyl (C=O) groups is 2. The first-order valence-electron chi connectivity index (χ1n) is 8.69. The van der Waals surface area contributed by atoms with Crippen LogP contribution in [-0.2, 0) is 0 Å². The fraction of sp³-hybridized carbons (Fsp3) is 0.333. The average Bonchev–Trinajstić information content (AvgIpc) is 2.65. The van der Waals surface area contributed by atoms with Gasteiger partial charge in [0.25, 0.3) is 5.91 Å². The number of Topliss-reactive ketones (excluding diaryl/α,β-unsaturated/α-hetero) is 1. The van der Waals surface area contributed by atoms with Gasteiger partial charge >= 0.3 is 0 Å². The number of nitrogens with one attached hydrogen (secondary N) is 1. The molecule has 0 aliphatic heterocycles. The Morgan fingerprint density at radius 3 is 1.96 bits per heavy atom. The summed E-state index contributed by atoms with van der Waals surface area (Å²) in [4.78, 5) is 23.8. The van der Waals surface area contributed by atoms with Gasteiger partial charge in [0.15, 0.2) is 5.78 Å². The molecule has 0 fully saturated rings. The van der Waals surface area contributed by atoms with Crippen molar-refractivity contribution in [2.45, 2.75) is 39.2 Å². The van der Waals surface area contributed by atoms with Crippen molar-refractivity contribution in [1.29, 1.82) is 0 Å². The van der Waals surface area contributed by atoms with Gasteiger partial charge in [-0.05, 0) is 29.2 Å². The van der Waals surface area contributed by atoms with E-state index in [2.05, 4.69) is 31.3 Å². The lowest BCUT2D eigenvalue weighted by Gasteiger charge is -2.15. The molecule has 2 aromatic rings. The maximum absolute atomic E-state index is 12.2. The Hall–Kier alpha value is -2.46. The molecular weight excluding hydrogens is 312 g/mol. The van der Waals surface area contributed by atoms with Crippen LogP contribution >= 0.6 is 0 Å². The summed E-state index contributed by atoms with van der Waals surface area (Å²) < 4.78 is 0. The molecule has 4 heteroatoms. The van der Waals surface area contributed by atoms with Crippen molar-refractivity contribution >= 4 is 11.7 Å². The van der Waals surface area contributed by atoms with E-state index in [9.17, 15) is 9.59 Å². The van der Waals surface area contributed by atoms with Crippen molar-refractivity contribution in [2.24, 2.45) is 5.73 Å². The van der Waals surface area contributed by atoms with Crippen LogP contribution in [0.1, 0.15) is 71.0 Å². The Labute approximate surface area is 149 Å². The molecule has 2 aromatic carbocycles. The fourth-order valence-electron chi connectivity index (χ4n) is 2.56. The van der Waals surface area contributed by atoms with Crippen LogP contribution in [0.15, 0.2) is 48.5 Å². The Morgan fingerprint density at radius 2 is 1.44 bits per heavy atom. The first-order chi connectivity index (χ1) is 11.9. The van der Waals surface area contributed by atoms with Crippen molar-refractivity contribution in [3.8, 4) is 0 Å². The number of benzene rings is 2. The molecule has 0 heterocycles. The second-order valence-electron chi connectivity index (χ2n) is 6.49. The Morgan fingerprint density at radius 1 is 0.920 bits per heavy atom. The van der Waals surface area contributed by atoms with E-state index in [1.54, 1.807) is 24.3 Å². The number of hydrogen-bond donors (Lipinski definition) is 2. The van der Waals surface area contributed by atoms with Crippen LogP contribution in [0.4, 0.5) is 0 Å². The summed E-state index contributed by atoms with van der Waals surface area (Å²) >= 11 is 0. The summed E-state index contributed by atoms with van der Waals surface area (Å²) in [6, 6.07) is 14.6. The van der Waals surface area contributed by atoms with E-state index in [-0.39, 0.29) is 17.7 Å². The van der Waals surface area contributed by atoms with E-state index in [4.69, 9.17) is 5.73 Å². The molecule has 0 aromatic heterocycles. The summed E-state index contributed by atoms with van der Waals surface area (Å²) in [5, 5.41) is 2.85. The third-order valence-electron chi connectivity index (χ3n) is 4.30. The van der Waals surface area contributed by atoms with Crippen LogP contribution < -0.4 is 11.1 Å². The molecule has 0 aliphatic carbocycles. The summed E-state index contributed by atoms with van der Waals surface area (Å²) in [6.45, 7) is 6.47. The standard InChI is InChI=1S/C21H26N2O2/c1-4-20(24)17-9-11-18(12-10-17)21(25)23-13-19(22)16-7-5-15(6-8-16)14(2)3/h5-12,14,19H,4,13,22H2,1-3H3,(H,23,25). The van der Waals surface area contributed by atoms with E-state index in [0.29, 0.717) is 30.0 Å². The third kappa shape index (κ3) is 5.00. The van der Waals surface area contributed by atoms with Crippen LogP contribution in [0.2, 0.25) is 0 Å². The molecule has 2 rings (SSSR count). The van der Waals surface area contributed by atoms with Crippen LogP contribution in [-0.4, -0.2) is 18.2 Å². The van der Waals surface area contributed by atoms with Gasteiger partial charge in [0, 0.05) is 30.1 Å². The van der Waals surface area contributed by atoms with Gasteiger partial charge < -0.3 is 11.1 Å². The van der Waals surface area contributed by atoms with Gasteiger partial charge in [-0.1, -0.05) is 57.2 Å². The molecule has 4 nitrogen and oxygen atoms in total. The minimum absolute atomic E-state index is 0.0684. The molecule has 0 saturated carbocycles. The first-order valence-corrected chi connectivity index (χ1v) is 8.69. The van der Waals surface area contributed by atoms with Crippen LogP contribution in [0.3, 0.4) is 0 Å². The van der Waals surface area contributed by atoms with Crippen molar-refractivity contribution in [3.63, 3.8) is 0 Å². The van der Waals surface area contributed by atoms with Gasteiger partial charge in [-0.2, -0.15) is 0 Å². The normalized spacial score (nSPS) is 12.0. The summed E-state index contributed by atoms with van der Waals surface area (Å²) in [5.41, 5.74) is 9.58. The molecule has 3 N–H and O–H groups in total. The molecule has 1 unspecified atom stereocenters. The molecule has 0 spiro atoms. The Balaban J connectivity index is 1.93. The molecule has 0 bridgehead atoms. The Kier molecular flexibility index (Phi) is 6.48. The number of nitrogens with two attached hydrogens (primary N) is 1. The molecule has 1 atom stereocenters. The number of amides is 1. The van der Waals surface area contributed by atoms with E-state index in [1.807, 2.05) is 19.1 Å². The van der Waals surface area contributed by atoms with Gasteiger partial charge in [-0.3, -0.25) is 9.59 Å². The van der Waals surface area contributed by atoms with Crippen molar-refractivity contribution < 1.29 is 9.59 Å². The molecule has 0 saturated heterocycles. The minimum Gasteiger partial charge on any atom is -0.350 e. The van der Waals surface area contributed by atoms with Gasteiger partial charge in [-0.25, -0.2) is 0 Å². The second-order valence-corrected chi connectivity index (χ2v) is 6.49. The zero-order valence-electron chi connectivity index (χ0n) is 15.1. The minimum atomic E-state index is -0.258. The van der Waals surface area contributed by atoms with E-state index in [1.165, 1.54) is 5.56 Å². The maximum atomic E-state index is 12.2. The van der Waals surface area contributed by atoms with Crippen LogP contribution in [0, 0.1) is 0 Å². The number of carbonyl (C=O) groups excluding carboxylic acids is 2. The zero-order chi connectivity index (χ0) is 18.4. The number of rotatable bonds is 7. The van der Waals surface area contributed by atoms with Crippen LogP contribution in [0.5, 0.6) is 0 Å². The number of ketones is 1. The lowest BCUT2D eigenvalue weighted by molar-refractivity contribution is 0.0948. The molecular formula is C21H26N2O2.